The van der Waals surface area contributed by atoms with E-state index in [1.165, 1.54) is 0 Å². The molecule has 0 unspecified atom stereocenters. The van der Waals surface area contributed by atoms with Crippen molar-refractivity contribution in [2.45, 2.75) is 13.8 Å². The van der Waals surface area contributed by atoms with E-state index in [-0.39, 0.29) is 31.3 Å². The van der Waals surface area contributed by atoms with Crippen molar-refractivity contribution in [1.82, 2.24) is 10.2 Å². The fourth-order valence-electron chi connectivity index (χ4n) is 1.58. The van der Waals surface area contributed by atoms with Gasteiger partial charge < -0.3 is 15.0 Å². The van der Waals surface area contributed by atoms with E-state index in [2.05, 4.69) is 5.32 Å². The summed E-state index contributed by atoms with van der Waals surface area (Å²) in [5, 5.41) is 2.61. The van der Waals surface area contributed by atoms with E-state index in [9.17, 15) is 9.59 Å². The van der Waals surface area contributed by atoms with Gasteiger partial charge in [0.05, 0.1) is 6.54 Å². The van der Waals surface area contributed by atoms with Crippen LogP contribution in [0.2, 0.25) is 0 Å². The first kappa shape index (κ1) is 14.6. The number of hydrogen-bond acceptors (Lipinski definition) is 3. The van der Waals surface area contributed by atoms with Crippen molar-refractivity contribution in [2.75, 3.05) is 26.7 Å². The molecule has 0 bridgehead atoms. The van der Waals surface area contributed by atoms with Gasteiger partial charge in [-0.1, -0.05) is 13.8 Å². The first-order valence-electron chi connectivity index (χ1n) is 5.19. The summed E-state index contributed by atoms with van der Waals surface area (Å²) in [6, 6.07) is 0. The summed E-state index contributed by atoms with van der Waals surface area (Å²) in [4.78, 5) is 24.2. The number of carbonyl (C=O) groups is 2. The Morgan fingerprint density at radius 2 is 2.19 bits per heavy atom. The minimum atomic E-state index is -0.272. The topological polar surface area (TPSA) is 58.6 Å². The second kappa shape index (κ2) is 6.25. The molecule has 1 aliphatic rings. The summed E-state index contributed by atoms with van der Waals surface area (Å²) in [5.41, 5.74) is 0. The predicted octanol–water partition coefficient (Wildman–Crippen LogP) is 0.907. The van der Waals surface area contributed by atoms with Gasteiger partial charge in [-0.25, -0.2) is 4.79 Å². The highest BCUT2D eigenvalue weighted by Crippen LogP contribution is 2.15. The highest BCUT2D eigenvalue weighted by molar-refractivity contribution is 5.78. The molecule has 16 heavy (non-hydrogen) atoms. The molecule has 0 radical (unpaired) electrons. The molecule has 1 rings (SSSR count). The number of nitrogens with one attached hydrogen (secondary N) is 1. The Bertz CT molecular complexity index is 256. The van der Waals surface area contributed by atoms with Crippen LogP contribution in [0.4, 0.5) is 4.79 Å². The minimum Gasteiger partial charge on any atom is -0.448 e. The predicted molar refractivity (Wildman–Crippen MR) is 61.7 cm³/mol. The van der Waals surface area contributed by atoms with Gasteiger partial charge in [-0.15, -0.1) is 0 Å². The third kappa shape index (κ3) is 3.32. The average Bonchev–Trinajstić information content (AvgIpc) is 2.62. The lowest BCUT2D eigenvalue weighted by Gasteiger charge is -2.22. The summed E-state index contributed by atoms with van der Waals surface area (Å²) in [6.45, 7) is 5.49. The molecular weight excluding hydrogens is 208 g/mol. The maximum Gasteiger partial charge on any atom is 0.409 e. The molecular formula is C11H21N2O3+. The zero-order valence-corrected chi connectivity index (χ0v) is 10.4. The molecule has 0 aromatic heterocycles. The van der Waals surface area contributed by atoms with Crippen molar-refractivity contribution >= 4 is 12.0 Å². The van der Waals surface area contributed by atoms with Crippen molar-refractivity contribution in [3.63, 3.8) is 0 Å². The van der Waals surface area contributed by atoms with Gasteiger partial charge in [-0.3, -0.25) is 4.79 Å². The monoisotopic (exact) mass is 229 g/mol. The van der Waals surface area contributed by atoms with Gasteiger partial charge in [0.2, 0.25) is 5.91 Å². The molecule has 1 heterocycles. The Kier molecular flexibility index (Phi) is 5.71. The maximum absolute atomic E-state index is 11.4. The van der Waals surface area contributed by atoms with Crippen LogP contribution in [0.5, 0.6) is 0 Å². The zero-order chi connectivity index (χ0) is 11.4. The van der Waals surface area contributed by atoms with E-state index in [0.717, 1.165) is 0 Å². The van der Waals surface area contributed by atoms with Crippen molar-refractivity contribution in [2.24, 2.45) is 11.8 Å². The van der Waals surface area contributed by atoms with Gasteiger partial charge in [0.15, 0.2) is 0 Å². The van der Waals surface area contributed by atoms with E-state index >= 15 is 0 Å². The maximum atomic E-state index is 11.4. The highest BCUT2D eigenvalue weighted by atomic mass is 16.6. The van der Waals surface area contributed by atoms with E-state index in [4.69, 9.17) is 4.74 Å². The molecule has 1 N–H and O–H groups in total. The van der Waals surface area contributed by atoms with Crippen molar-refractivity contribution in [3.05, 3.63) is 7.43 Å². The number of hydrogen-bond donors (Lipinski definition) is 1. The van der Waals surface area contributed by atoms with Gasteiger partial charge >= 0.3 is 6.09 Å². The fraction of sp³-hybridized carbons (Fsp3) is 0.727. The van der Waals surface area contributed by atoms with Crippen LogP contribution in [0.15, 0.2) is 0 Å². The van der Waals surface area contributed by atoms with E-state index in [1.807, 2.05) is 13.8 Å². The molecule has 1 fully saturated rings. The molecule has 0 spiro atoms. The zero-order valence-electron chi connectivity index (χ0n) is 10.4. The molecule has 0 aliphatic carbocycles. The SMILES string of the molecule is CNC(=O)[C@@H](C)[C@@H](C)CN1CCOC1=O.[CH3+]. The first-order chi connectivity index (χ1) is 7.06. The largest absolute Gasteiger partial charge is 0.448 e. The highest BCUT2D eigenvalue weighted by Gasteiger charge is 2.27. The molecule has 0 aromatic carbocycles. The van der Waals surface area contributed by atoms with Gasteiger partial charge in [-0.05, 0) is 5.92 Å². The van der Waals surface area contributed by atoms with Gasteiger partial charge in [0, 0.05) is 26.9 Å². The number of nitrogens with zero attached hydrogens (tertiary/aromatic N) is 1. The molecule has 2 atom stereocenters. The normalized spacial score (nSPS) is 18.4. The lowest BCUT2D eigenvalue weighted by molar-refractivity contribution is -0.125. The molecule has 5 heteroatoms. The summed E-state index contributed by atoms with van der Waals surface area (Å²) in [7, 11) is 1.62. The molecule has 5 nitrogen and oxygen atoms in total. The third-order valence-electron chi connectivity index (χ3n) is 2.87. The third-order valence-corrected chi connectivity index (χ3v) is 2.87. The van der Waals surface area contributed by atoms with Crippen LogP contribution < -0.4 is 5.32 Å². The second-order valence-corrected chi connectivity index (χ2v) is 3.94. The van der Waals surface area contributed by atoms with E-state index in [0.29, 0.717) is 19.7 Å². The van der Waals surface area contributed by atoms with Crippen molar-refractivity contribution in [1.29, 1.82) is 0 Å². The van der Waals surface area contributed by atoms with Crippen LogP contribution >= 0.6 is 0 Å². The first-order valence-corrected chi connectivity index (χ1v) is 5.19. The molecule has 1 aliphatic heterocycles. The Morgan fingerprint density at radius 3 is 2.62 bits per heavy atom. The van der Waals surface area contributed by atoms with Crippen LogP contribution in [0.1, 0.15) is 13.8 Å². The quantitative estimate of drug-likeness (QED) is 0.729. The van der Waals surface area contributed by atoms with Crippen LogP contribution in [0, 0.1) is 19.3 Å². The summed E-state index contributed by atoms with van der Waals surface area (Å²) in [5.74, 6) is 0.0501. The summed E-state index contributed by atoms with van der Waals surface area (Å²) < 4.78 is 4.82. The Balaban J connectivity index is 0.00000225. The Hall–Kier alpha value is -1.39. The summed E-state index contributed by atoms with van der Waals surface area (Å²) >= 11 is 0. The number of cyclic esters (lactones) is 1. The molecule has 0 saturated carbocycles. The number of ether oxygens (including phenoxy) is 1. The Morgan fingerprint density at radius 1 is 1.56 bits per heavy atom. The van der Waals surface area contributed by atoms with Gasteiger partial charge in [0.1, 0.15) is 6.61 Å². The minimum absolute atomic E-state index is 0. The fourth-order valence-corrected chi connectivity index (χ4v) is 1.58. The number of carbonyl (C=O) groups excluding carboxylic acids is 2. The number of amides is 2. The molecule has 0 aromatic rings. The van der Waals surface area contributed by atoms with Crippen LogP contribution in [0.25, 0.3) is 0 Å². The smallest absolute Gasteiger partial charge is 0.409 e. The molecule has 2 amide bonds. The van der Waals surface area contributed by atoms with Crippen molar-refractivity contribution < 1.29 is 14.3 Å². The molecule has 1 saturated heterocycles. The standard InChI is InChI=1S/C10H18N2O3.CH3/c1-7(8(2)9(13)11-3)6-12-4-5-15-10(12)14;/h7-8H,4-6H2,1-3H3,(H,11,13);1H3/q;+1/t7-,8-;/m0./s1. The lowest BCUT2D eigenvalue weighted by atomic mass is 9.95. The van der Waals surface area contributed by atoms with Crippen LogP contribution in [-0.2, 0) is 9.53 Å². The van der Waals surface area contributed by atoms with Crippen molar-refractivity contribution in [3.8, 4) is 0 Å². The summed E-state index contributed by atoms with van der Waals surface area (Å²) in [6.07, 6.45) is -0.272. The van der Waals surface area contributed by atoms with Crippen LogP contribution in [-0.4, -0.2) is 43.6 Å². The van der Waals surface area contributed by atoms with Gasteiger partial charge in [-0.2, -0.15) is 0 Å². The van der Waals surface area contributed by atoms with Gasteiger partial charge in [0.25, 0.3) is 0 Å². The van der Waals surface area contributed by atoms with Crippen LogP contribution in [0.3, 0.4) is 0 Å². The van der Waals surface area contributed by atoms with E-state index in [1.54, 1.807) is 11.9 Å². The lowest BCUT2D eigenvalue weighted by Crippen LogP contribution is -2.37. The Labute approximate surface area is 97.1 Å². The van der Waals surface area contributed by atoms with E-state index < -0.39 is 0 Å². The second-order valence-electron chi connectivity index (χ2n) is 3.94. The average molecular weight is 229 g/mol. The molecule has 92 valence electrons. The number of rotatable bonds is 4.